The van der Waals surface area contributed by atoms with Crippen molar-refractivity contribution in [2.24, 2.45) is 0 Å². The van der Waals surface area contributed by atoms with Crippen LogP contribution in [0, 0.1) is 0 Å². The molecule has 2 rings (SSSR count). The highest BCUT2D eigenvalue weighted by Gasteiger charge is 2.40. The Morgan fingerprint density at radius 3 is 2.62 bits per heavy atom. The molecule has 86 valence electrons. The summed E-state index contributed by atoms with van der Waals surface area (Å²) in [6, 6.07) is 4.89. The number of hydrogen-bond donors (Lipinski definition) is 2. The molecule has 0 amide bonds. The first-order valence-corrected chi connectivity index (χ1v) is 5.20. The average molecular weight is 294 g/mol. The monoisotopic (exact) mass is 293 g/mol. The normalized spacial score (nSPS) is 14.3. The molecule has 2 aromatic rings. The molecule has 0 saturated carbocycles. The Bertz CT molecular complexity index is 520. The van der Waals surface area contributed by atoms with E-state index in [9.17, 15) is 18.3 Å². The summed E-state index contributed by atoms with van der Waals surface area (Å²) < 4.78 is 37.8. The molecule has 1 atom stereocenters. The third kappa shape index (κ3) is 1.94. The van der Waals surface area contributed by atoms with Crippen LogP contribution in [0.5, 0.6) is 0 Å². The maximum atomic E-state index is 12.4. The first kappa shape index (κ1) is 11.5. The minimum atomic E-state index is -4.66. The van der Waals surface area contributed by atoms with E-state index in [0.29, 0.717) is 15.4 Å². The fourth-order valence-corrected chi connectivity index (χ4v) is 1.88. The van der Waals surface area contributed by atoms with E-state index >= 15 is 0 Å². The predicted molar refractivity (Wildman–Crippen MR) is 57.0 cm³/mol. The Hall–Kier alpha value is -1.01. The van der Waals surface area contributed by atoms with Gasteiger partial charge in [-0.15, -0.1) is 0 Å². The number of nitrogens with one attached hydrogen (secondary N) is 1. The highest BCUT2D eigenvalue weighted by Crippen LogP contribution is 2.36. The second-order valence-corrected chi connectivity index (χ2v) is 4.29. The van der Waals surface area contributed by atoms with Gasteiger partial charge in [-0.1, -0.05) is 15.9 Å². The topological polar surface area (TPSA) is 36.0 Å². The van der Waals surface area contributed by atoms with Gasteiger partial charge in [0.25, 0.3) is 0 Å². The molecule has 0 radical (unpaired) electrons. The van der Waals surface area contributed by atoms with E-state index in [1.54, 1.807) is 12.1 Å². The van der Waals surface area contributed by atoms with Gasteiger partial charge in [0.2, 0.25) is 0 Å². The molecule has 1 aromatic heterocycles. The van der Waals surface area contributed by atoms with Crippen LogP contribution in [0.4, 0.5) is 13.2 Å². The number of aromatic amines is 1. The first-order chi connectivity index (χ1) is 7.39. The number of benzene rings is 1. The summed E-state index contributed by atoms with van der Waals surface area (Å²) >= 11 is 3.17. The van der Waals surface area contributed by atoms with E-state index < -0.39 is 12.3 Å². The first-order valence-electron chi connectivity index (χ1n) is 4.41. The molecule has 1 unspecified atom stereocenters. The Labute approximate surface area is 97.2 Å². The van der Waals surface area contributed by atoms with Crippen molar-refractivity contribution in [1.82, 2.24) is 4.98 Å². The van der Waals surface area contributed by atoms with Gasteiger partial charge in [-0.05, 0) is 18.2 Å². The largest absolute Gasteiger partial charge is 0.418 e. The lowest BCUT2D eigenvalue weighted by Crippen LogP contribution is -2.19. The van der Waals surface area contributed by atoms with Crippen LogP contribution < -0.4 is 0 Å². The van der Waals surface area contributed by atoms with Crippen molar-refractivity contribution >= 4 is 26.8 Å². The molecule has 0 spiro atoms. The second kappa shape index (κ2) is 3.78. The van der Waals surface area contributed by atoms with E-state index in [1.165, 1.54) is 12.3 Å². The van der Waals surface area contributed by atoms with Crippen molar-refractivity contribution in [3.63, 3.8) is 0 Å². The molecule has 0 bridgehead atoms. The van der Waals surface area contributed by atoms with Gasteiger partial charge in [-0.2, -0.15) is 13.2 Å². The molecule has 0 aliphatic rings. The predicted octanol–water partition coefficient (Wildman–Crippen LogP) is 3.53. The zero-order valence-corrected chi connectivity index (χ0v) is 9.43. The van der Waals surface area contributed by atoms with Crippen molar-refractivity contribution < 1.29 is 18.3 Å². The smallest absolute Gasteiger partial charge is 0.379 e. The number of rotatable bonds is 1. The van der Waals surface area contributed by atoms with Gasteiger partial charge in [-0.3, -0.25) is 0 Å². The summed E-state index contributed by atoms with van der Waals surface area (Å²) in [5.74, 6) is 0. The van der Waals surface area contributed by atoms with Crippen LogP contribution in [0.2, 0.25) is 0 Å². The summed E-state index contributed by atoms with van der Waals surface area (Å²) in [6.45, 7) is 0. The van der Waals surface area contributed by atoms with Crippen LogP contribution in [0.15, 0.2) is 28.9 Å². The van der Waals surface area contributed by atoms with Gasteiger partial charge in [0.1, 0.15) is 0 Å². The quantitative estimate of drug-likeness (QED) is 0.829. The number of aliphatic hydroxyl groups is 1. The highest BCUT2D eigenvalue weighted by molar-refractivity contribution is 9.10. The lowest BCUT2D eigenvalue weighted by molar-refractivity contribution is -0.206. The minimum absolute atomic E-state index is 0.163. The van der Waals surface area contributed by atoms with Gasteiger partial charge < -0.3 is 10.1 Å². The molecule has 0 fully saturated rings. The zero-order valence-electron chi connectivity index (χ0n) is 7.85. The van der Waals surface area contributed by atoms with E-state index in [2.05, 4.69) is 20.9 Å². The van der Waals surface area contributed by atoms with Crippen molar-refractivity contribution in [1.29, 1.82) is 0 Å². The van der Waals surface area contributed by atoms with Crippen molar-refractivity contribution in [3.8, 4) is 0 Å². The average Bonchev–Trinajstić information content (AvgIpc) is 2.57. The molecule has 6 heteroatoms. The third-order valence-electron chi connectivity index (χ3n) is 2.28. The Morgan fingerprint density at radius 1 is 1.31 bits per heavy atom. The van der Waals surface area contributed by atoms with Gasteiger partial charge >= 0.3 is 6.18 Å². The Balaban J connectivity index is 2.57. The van der Waals surface area contributed by atoms with Crippen LogP contribution >= 0.6 is 15.9 Å². The molecular weight excluding hydrogens is 287 g/mol. The minimum Gasteiger partial charge on any atom is -0.379 e. The molecule has 0 saturated heterocycles. The van der Waals surface area contributed by atoms with E-state index in [1.807, 2.05) is 0 Å². The maximum absolute atomic E-state index is 12.4. The van der Waals surface area contributed by atoms with Crippen molar-refractivity contribution in [3.05, 3.63) is 34.4 Å². The zero-order chi connectivity index (χ0) is 11.9. The van der Waals surface area contributed by atoms with Gasteiger partial charge in [0.15, 0.2) is 6.10 Å². The second-order valence-electron chi connectivity index (χ2n) is 3.38. The molecule has 1 heterocycles. The molecule has 0 aliphatic heterocycles. The Kier molecular flexibility index (Phi) is 2.71. The summed E-state index contributed by atoms with van der Waals surface area (Å²) in [5.41, 5.74) is 0.394. The van der Waals surface area contributed by atoms with Gasteiger partial charge in [0.05, 0.1) is 0 Å². The summed E-state index contributed by atoms with van der Waals surface area (Å²) in [5, 5.41) is 9.53. The lowest BCUT2D eigenvalue weighted by Gasteiger charge is -2.13. The van der Waals surface area contributed by atoms with Gasteiger partial charge in [-0.25, -0.2) is 0 Å². The fourth-order valence-electron chi connectivity index (χ4n) is 1.52. The lowest BCUT2D eigenvalue weighted by atomic mass is 10.1. The number of aliphatic hydroxyl groups excluding tert-OH is 1. The molecule has 16 heavy (non-hydrogen) atoms. The summed E-state index contributed by atoms with van der Waals surface area (Å²) in [4.78, 5) is 2.69. The van der Waals surface area contributed by atoms with Gasteiger partial charge in [0, 0.05) is 27.1 Å². The SMILES string of the molecule is OC(c1c[nH]c2ccc(Br)cc12)C(F)(F)F. The number of H-pyrrole nitrogens is 1. The summed E-state index contributed by atoms with van der Waals surface area (Å²) in [6.07, 6.45) is -5.94. The van der Waals surface area contributed by atoms with E-state index in [4.69, 9.17) is 0 Å². The third-order valence-corrected chi connectivity index (χ3v) is 2.77. The van der Waals surface area contributed by atoms with E-state index in [0.717, 1.165) is 0 Å². The van der Waals surface area contributed by atoms with Crippen LogP contribution in [-0.4, -0.2) is 16.3 Å². The standard InChI is InChI=1S/C10H7BrF3NO/c11-5-1-2-8-6(3-5)7(4-15-8)9(16)10(12,13)14/h1-4,9,15-16H. The van der Waals surface area contributed by atoms with Crippen LogP contribution in [0.25, 0.3) is 10.9 Å². The van der Waals surface area contributed by atoms with E-state index in [-0.39, 0.29) is 5.56 Å². The van der Waals surface area contributed by atoms with Crippen LogP contribution in [0.1, 0.15) is 11.7 Å². The number of aromatic nitrogens is 1. The fraction of sp³-hybridized carbons (Fsp3) is 0.200. The van der Waals surface area contributed by atoms with Crippen molar-refractivity contribution in [2.45, 2.75) is 12.3 Å². The number of fused-ring (bicyclic) bond motifs is 1. The Morgan fingerprint density at radius 2 is 2.00 bits per heavy atom. The van der Waals surface area contributed by atoms with Crippen LogP contribution in [-0.2, 0) is 0 Å². The molecule has 2 nitrogen and oxygen atoms in total. The molecular formula is C10H7BrF3NO. The summed E-state index contributed by atoms with van der Waals surface area (Å²) in [7, 11) is 0. The molecule has 0 aliphatic carbocycles. The number of halogens is 4. The molecule has 1 aromatic carbocycles. The maximum Gasteiger partial charge on any atom is 0.418 e. The highest BCUT2D eigenvalue weighted by atomic mass is 79.9. The number of alkyl halides is 3. The molecule has 2 N–H and O–H groups in total. The van der Waals surface area contributed by atoms with Crippen molar-refractivity contribution in [2.75, 3.05) is 0 Å². The number of hydrogen-bond acceptors (Lipinski definition) is 1. The van der Waals surface area contributed by atoms with Crippen LogP contribution in [0.3, 0.4) is 0 Å².